The fourth-order valence-electron chi connectivity index (χ4n) is 3.11. The summed E-state index contributed by atoms with van der Waals surface area (Å²) in [6.45, 7) is 2.59. The van der Waals surface area contributed by atoms with Gasteiger partial charge in [-0.05, 0) is 30.7 Å². The number of H-pyrrole nitrogens is 1. The molecule has 28 heavy (non-hydrogen) atoms. The quantitative estimate of drug-likeness (QED) is 0.478. The van der Waals surface area contributed by atoms with E-state index < -0.39 is 0 Å². The topological polar surface area (TPSA) is 47.1 Å². The van der Waals surface area contributed by atoms with E-state index in [4.69, 9.17) is 14.5 Å². The second-order valence-corrected chi connectivity index (χ2v) is 6.64. The van der Waals surface area contributed by atoms with Crippen LogP contribution >= 0.6 is 0 Å². The van der Waals surface area contributed by atoms with E-state index in [-0.39, 0.29) is 0 Å². The normalized spacial score (nSPS) is 10.6. The Bertz CT molecular complexity index is 1070. The minimum atomic E-state index is 0.517. The second-order valence-electron chi connectivity index (χ2n) is 6.64. The van der Waals surface area contributed by atoms with Crippen LogP contribution in [0.2, 0.25) is 0 Å². The maximum absolute atomic E-state index is 5.90. The van der Waals surface area contributed by atoms with Crippen LogP contribution in [0.3, 0.4) is 0 Å². The molecule has 0 unspecified atom stereocenters. The zero-order valence-corrected chi connectivity index (χ0v) is 16.0. The lowest BCUT2D eigenvalue weighted by atomic mass is 10.1. The highest BCUT2D eigenvalue weighted by Gasteiger charge is 2.12. The SMILES string of the molecule is COc1cc(OCc2ccccc2)ccc1-c1c[nH]c(-c2cccc(C)c2)n1. The molecule has 0 aliphatic carbocycles. The second kappa shape index (κ2) is 8.01. The first-order valence-electron chi connectivity index (χ1n) is 9.20. The lowest BCUT2D eigenvalue weighted by Crippen LogP contribution is -1.96. The predicted octanol–water partition coefficient (Wildman–Crippen LogP) is 5.64. The molecular formula is C24H22N2O2. The number of ether oxygens (including phenoxy) is 2. The maximum Gasteiger partial charge on any atom is 0.138 e. The molecule has 0 bridgehead atoms. The Hall–Kier alpha value is -3.53. The third-order valence-electron chi connectivity index (χ3n) is 4.57. The number of aryl methyl sites for hydroxylation is 1. The Morgan fingerprint density at radius 3 is 2.57 bits per heavy atom. The van der Waals surface area contributed by atoms with Crippen LogP contribution in [0, 0.1) is 6.92 Å². The molecule has 0 aliphatic heterocycles. The van der Waals surface area contributed by atoms with Crippen LogP contribution in [-0.4, -0.2) is 17.1 Å². The first-order valence-corrected chi connectivity index (χ1v) is 9.20. The summed E-state index contributed by atoms with van der Waals surface area (Å²) in [5, 5.41) is 0. The molecule has 0 saturated heterocycles. The molecule has 1 N–H and O–H groups in total. The summed E-state index contributed by atoms with van der Waals surface area (Å²) in [7, 11) is 1.66. The van der Waals surface area contributed by atoms with Crippen molar-refractivity contribution in [1.82, 2.24) is 9.97 Å². The van der Waals surface area contributed by atoms with Crippen LogP contribution in [0.15, 0.2) is 79.0 Å². The lowest BCUT2D eigenvalue weighted by molar-refractivity contribution is 0.304. The van der Waals surface area contributed by atoms with Gasteiger partial charge in [-0.25, -0.2) is 4.98 Å². The van der Waals surface area contributed by atoms with Crippen LogP contribution in [0.1, 0.15) is 11.1 Å². The van der Waals surface area contributed by atoms with E-state index in [9.17, 15) is 0 Å². The molecule has 3 aromatic carbocycles. The molecule has 4 rings (SSSR count). The first kappa shape index (κ1) is 17.9. The van der Waals surface area contributed by atoms with Crippen molar-refractivity contribution in [3.8, 4) is 34.1 Å². The standard InChI is InChI=1S/C24H22N2O2/c1-17-7-6-10-19(13-17)24-25-15-22(26-24)21-12-11-20(14-23(21)27-2)28-16-18-8-4-3-5-9-18/h3-15H,16H2,1-2H3,(H,25,26). The van der Waals surface area contributed by atoms with Gasteiger partial charge >= 0.3 is 0 Å². The van der Waals surface area contributed by atoms with Gasteiger partial charge in [-0.1, -0.05) is 54.1 Å². The van der Waals surface area contributed by atoms with Crippen molar-refractivity contribution in [2.24, 2.45) is 0 Å². The Kier molecular flexibility index (Phi) is 5.11. The van der Waals surface area contributed by atoms with Gasteiger partial charge in [0.2, 0.25) is 0 Å². The van der Waals surface area contributed by atoms with Crippen molar-refractivity contribution in [2.75, 3.05) is 7.11 Å². The number of imidazole rings is 1. The summed E-state index contributed by atoms with van der Waals surface area (Å²) in [6, 6.07) is 24.2. The van der Waals surface area contributed by atoms with E-state index in [2.05, 4.69) is 24.0 Å². The Morgan fingerprint density at radius 2 is 1.79 bits per heavy atom. The fourth-order valence-corrected chi connectivity index (χ4v) is 3.11. The van der Waals surface area contributed by atoms with Crippen molar-refractivity contribution in [3.63, 3.8) is 0 Å². The number of aromatic amines is 1. The Labute approximate surface area is 164 Å². The van der Waals surface area contributed by atoms with Gasteiger partial charge in [-0.15, -0.1) is 0 Å². The van der Waals surface area contributed by atoms with Gasteiger partial charge < -0.3 is 14.5 Å². The maximum atomic E-state index is 5.90. The van der Waals surface area contributed by atoms with Crippen LogP contribution in [-0.2, 0) is 6.61 Å². The highest BCUT2D eigenvalue weighted by Crippen LogP contribution is 2.33. The first-order chi connectivity index (χ1) is 13.7. The van der Waals surface area contributed by atoms with Gasteiger partial charge in [0.15, 0.2) is 0 Å². The number of nitrogens with one attached hydrogen (secondary N) is 1. The van der Waals surface area contributed by atoms with Crippen LogP contribution in [0.4, 0.5) is 0 Å². The van der Waals surface area contributed by atoms with E-state index in [0.29, 0.717) is 6.61 Å². The predicted molar refractivity (Wildman–Crippen MR) is 112 cm³/mol. The fraction of sp³-hybridized carbons (Fsp3) is 0.125. The van der Waals surface area contributed by atoms with Crippen LogP contribution < -0.4 is 9.47 Å². The summed E-state index contributed by atoms with van der Waals surface area (Å²) in [4.78, 5) is 8.01. The van der Waals surface area contributed by atoms with Crippen molar-refractivity contribution in [3.05, 3.63) is 90.1 Å². The highest BCUT2D eigenvalue weighted by atomic mass is 16.5. The third kappa shape index (κ3) is 3.91. The summed E-state index contributed by atoms with van der Waals surface area (Å²) in [6.07, 6.45) is 1.90. The Balaban J connectivity index is 1.56. The number of hydrogen-bond acceptors (Lipinski definition) is 3. The number of nitrogens with zero attached hydrogens (tertiary/aromatic N) is 1. The average molecular weight is 370 g/mol. The molecular weight excluding hydrogens is 348 g/mol. The van der Waals surface area contributed by atoms with E-state index >= 15 is 0 Å². The molecule has 4 aromatic rings. The van der Waals surface area contributed by atoms with Gasteiger partial charge in [-0.3, -0.25) is 0 Å². The smallest absolute Gasteiger partial charge is 0.138 e. The largest absolute Gasteiger partial charge is 0.496 e. The van der Waals surface area contributed by atoms with E-state index in [1.165, 1.54) is 5.56 Å². The molecule has 0 amide bonds. The average Bonchev–Trinajstić information content (AvgIpc) is 3.23. The molecule has 4 nitrogen and oxygen atoms in total. The summed E-state index contributed by atoms with van der Waals surface area (Å²) in [5.74, 6) is 2.33. The van der Waals surface area contributed by atoms with Crippen LogP contribution in [0.25, 0.3) is 22.6 Å². The molecule has 0 radical (unpaired) electrons. The number of benzene rings is 3. The van der Waals surface area contributed by atoms with Gasteiger partial charge in [0.1, 0.15) is 23.9 Å². The van der Waals surface area contributed by atoms with Crippen molar-refractivity contribution in [1.29, 1.82) is 0 Å². The molecule has 0 saturated carbocycles. The summed E-state index contributed by atoms with van der Waals surface area (Å²) >= 11 is 0. The molecule has 4 heteroatoms. The zero-order chi connectivity index (χ0) is 19.3. The van der Waals surface area contributed by atoms with E-state index in [0.717, 1.165) is 39.7 Å². The summed E-state index contributed by atoms with van der Waals surface area (Å²) < 4.78 is 11.5. The molecule has 1 aromatic heterocycles. The monoisotopic (exact) mass is 370 g/mol. The lowest BCUT2D eigenvalue weighted by Gasteiger charge is -2.11. The summed E-state index contributed by atoms with van der Waals surface area (Å²) in [5.41, 5.74) is 5.15. The highest BCUT2D eigenvalue weighted by molar-refractivity contribution is 5.71. The van der Waals surface area contributed by atoms with E-state index in [1.807, 2.05) is 66.9 Å². The van der Waals surface area contributed by atoms with Crippen molar-refractivity contribution in [2.45, 2.75) is 13.5 Å². The number of rotatable bonds is 6. The van der Waals surface area contributed by atoms with Crippen molar-refractivity contribution < 1.29 is 9.47 Å². The molecule has 0 atom stereocenters. The zero-order valence-electron chi connectivity index (χ0n) is 16.0. The molecule has 0 aliphatic rings. The van der Waals surface area contributed by atoms with Gasteiger partial charge in [0.05, 0.1) is 12.8 Å². The number of methoxy groups -OCH3 is 1. The van der Waals surface area contributed by atoms with Crippen LogP contribution in [0.5, 0.6) is 11.5 Å². The number of hydrogen-bond donors (Lipinski definition) is 1. The number of aromatic nitrogens is 2. The molecule has 0 spiro atoms. The Morgan fingerprint density at radius 1 is 0.929 bits per heavy atom. The molecule has 1 heterocycles. The minimum absolute atomic E-state index is 0.517. The van der Waals surface area contributed by atoms with Crippen molar-refractivity contribution >= 4 is 0 Å². The minimum Gasteiger partial charge on any atom is -0.496 e. The van der Waals surface area contributed by atoms with Gasteiger partial charge in [0.25, 0.3) is 0 Å². The van der Waals surface area contributed by atoms with E-state index in [1.54, 1.807) is 7.11 Å². The molecule has 140 valence electrons. The molecule has 0 fully saturated rings. The van der Waals surface area contributed by atoms with Gasteiger partial charge in [0, 0.05) is 23.4 Å². The van der Waals surface area contributed by atoms with Gasteiger partial charge in [-0.2, -0.15) is 0 Å². The third-order valence-corrected chi connectivity index (χ3v) is 4.57.